The number of likely N-dealkylation sites (tertiary alicyclic amines) is 1. The van der Waals surface area contributed by atoms with Gasteiger partial charge < -0.3 is 10.2 Å². The zero-order chi connectivity index (χ0) is 16.3. The summed E-state index contributed by atoms with van der Waals surface area (Å²) in [5.74, 6) is 1.13. The summed E-state index contributed by atoms with van der Waals surface area (Å²) in [4.78, 5) is 23.1. The SMILES string of the molecule is CSc1nc(C)cc(NC2CCN(C(=O)C(C)(C)C)CC2)n1. The fourth-order valence-corrected chi connectivity index (χ4v) is 3.04. The van der Waals surface area contributed by atoms with Gasteiger partial charge in [-0.05, 0) is 26.0 Å². The predicted molar refractivity (Wildman–Crippen MR) is 91.2 cm³/mol. The van der Waals surface area contributed by atoms with Crippen molar-refractivity contribution in [1.29, 1.82) is 0 Å². The van der Waals surface area contributed by atoms with Crippen LogP contribution in [0.4, 0.5) is 5.82 Å². The number of nitrogens with one attached hydrogen (secondary N) is 1. The van der Waals surface area contributed by atoms with Gasteiger partial charge in [-0.2, -0.15) is 0 Å². The highest BCUT2D eigenvalue weighted by Crippen LogP contribution is 2.23. The standard InChI is InChI=1S/C16H26N4OS/c1-11-10-13(19-15(17-11)22-5)18-12-6-8-20(9-7-12)14(21)16(2,3)4/h10,12H,6-9H2,1-5H3,(H,17,18,19). The Hall–Kier alpha value is -1.30. The number of hydrogen-bond acceptors (Lipinski definition) is 5. The number of thioether (sulfide) groups is 1. The Kier molecular flexibility index (Phi) is 5.32. The Morgan fingerprint density at radius 2 is 1.95 bits per heavy atom. The second-order valence-electron chi connectivity index (χ2n) is 6.84. The number of carbonyl (C=O) groups is 1. The minimum Gasteiger partial charge on any atom is -0.367 e. The van der Waals surface area contributed by atoms with E-state index in [2.05, 4.69) is 15.3 Å². The molecule has 1 aliphatic rings. The molecule has 0 spiro atoms. The van der Waals surface area contributed by atoms with Crippen LogP contribution in [0, 0.1) is 12.3 Å². The van der Waals surface area contributed by atoms with Crippen molar-refractivity contribution in [3.05, 3.63) is 11.8 Å². The summed E-state index contributed by atoms with van der Waals surface area (Å²) in [6.07, 6.45) is 3.90. The fraction of sp³-hybridized carbons (Fsp3) is 0.688. The number of aryl methyl sites for hydroxylation is 1. The topological polar surface area (TPSA) is 58.1 Å². The average molecular weight is 322 g/mol. The van der Waals surface area contributed by atoms with Gasteiger partial charge in [-0.15, -0.1) is 0 Å². The van der Waals surface area contributed by atoms with E-state index in [9.17, 15) is 4.79 Å². The highest BCUT2D eigenvalue weighted by molar-refractivity contribution is 7.98. The lowest BCUT2D eigenvalue weighted by Crippen LogP contribution is -2.46. The Balaban J connectivity index is 1.93. The van der Waals surface area contributed by atoms with Gasteiger partial charge in [0.1, 0.15) is 5.82 Å². The Bertz CT molecular complexity index is 533. The Morgan fingerprint density at radius 3 is 2.50 bits per heavy atom. The molecule has 22 heavy (non-hydrogen) atoms. The third kappa shape index (κ3) is 4.35. The lowest BCUT2D eigenvalue weighted by molar-refractivity contribution is -0.140. The molecular weight excluding hydrogens is 296 g/mol. The van der Waals surface area contributed by atoms with E-state index in [-0.39, 0.29) is 11.3 Å². The molecule has 0 aliphatic carbocycles. The molecule has 0 unspecified atom stereocenters. The zero-order valence-electron chi connectivity index (χ0n) is 14.1. The molecule has 0 aromatic carbocycles. The van der Waals surface area contributed by atoms with Crippen molar-refractivity contribution in [2.45, 2.75) is 51.7 Å². The molecule has 122 valence electrons. The van der Waals surface area contributed by atoms with Gasteiger partial charge in [-0.3, -0.25) is 4.79 Å². The van der Waals surface area contributed by atoms with Crippen molar-refractivity contribution in [3.8, 4) is 0 Å². The Labute approximate surface area is 137 Å². The van der Waals surface area contributed by atoms with Crippen LogP contribution in [0.25, 0.3) is 0 Å². The average Bonchev–Trinajstić information content (AvgIpc) is 2.45. The van der Waals surface area contributed by atoms with Gasteiger partial charge >= 0.3 is 0 Å². The summed E-state index contributed by atoms with van der Waals surface area (Å²) < 4.78 is 0. The van der Waals surface area contributed by atoms with Crippen LogP contribution in [0.15, 0.2) is 11.2 Å². The molecule has 6 heteroatoms. The van der Waals surface area contributed by atoms with Crippen molar-refractivity contribution >= 4 is 23.5 Å². The van der Waals surface area contributed by atoms with Gasteiger partial charge in [-0.1, -0.05) is 32.5 Å². The number of rotatable bonds is 3. The summed E-state index contributed by atoms with van der Waals surface area (Å²) >= 11 is 1.55. The number of aromatic nitrogens is 2. The highest BCUT2D eigenvalue weighted by atomic mass is 32.2. The summed E-state index contributed by atoms with van der Waals surface area (Å²) in [5.41, 5.74) is 0.680. The number of anilines is 1. The van der Waals surface area contributed by atoms with Gasteiger partial charge in [-0.25, -0.2) is 9.97 Å². The maximum Gasteiger partial charge on any atom is 0.227 e. The first-order chi connectivity index (χ1) is 10.3. The number of piperidine rings is 1. The van der Waals surface area contributed by atoms with E-state index >= 15 is 0 Å². The zero-order valence-corrected chi connectivity index (χ0v) is 15.0. The molecule has 1 aromatic heterocycles. The van der Waals surface area contributed by atoms with Crippen molar-refractivity contribution in [2.24, 2.45) is 5.41 Å². The van der Waals surface area contributed by atoms with E-state index in [1.165, 1.54) is 0 Å². The first-order valence-electron chi connectivity index (χ1n) is 7.75. The quantitative estimate of drug-likeness (QED) is 0.685. The molecule has 1 N–H and O–H groups in total. The van der Waals surface area contributed by atoms with E-state index in [1.54, 1.807) is 11.8 Å². The molecule has 5 nitrogen and oxygen atoms in total. The minimum atomic E-state index is -0.294. The number of nitrogens with zero attached hydrogens (tertiary/aromatic N) is 3. The lowest BCUT2D eigenvalue weighted by atomic mass is 9.93. The minimum absolute atomic E-state index is 0.244. The first kappa shape index (κ1) is 17.1. The molecule has 1 saturated heterocycles. The monoisotopic (exact) mass is 322 g/mol. The van der Waals surface area contributed by atoms with Crippen molar-refractivity contribution in [3.63, 3.8) is 0 Å². The number of hydrogen-bond donors (Lipinski definition) is 1. The Morgan fingerprint density at radius 1 is 1.32 bits per heavy atom. The molecule has 0 bridgehead atoms. The number of carbonyl (C=O) groups excluding carboxylic acids is 1. The van der Waals surface area contributed by atoms with Gasteiger partial charge in [0.25, 0.3) is 0 Å². The van der Waals surface area contributed by atoms with E-state index < -0.39 is 0 Å². The van der Waals surface area contributed by atoms with Gasteiger partial charge in [0.2, 0.25) is 5.91 Å². The van der Waals surface area contributed by atoms with Crippen molar-refractivity contribution in [1.82, 2.24) is 14.9 Å². The molecule has 2 rings (SSSR count). The normalized spacial score (nSPS) is 16.7. The van der Waals surface area contributed by atoms with Gasteiger partial charge in [0, 0.05) is 36.3 Å². The van der Waals surface area contributed by atoms with Crippen molar-refractivity contribution in [2.75, 3.05) is 24.7 Å². The van der Waals surface area contributed by atoms with Crippen molar-refractivity contribution < 1.29 is 4.79 Å². The molecule has 1 fully saturated rings. The maximum absolute atomic E-state index is 12.3. The molecule has 1 aromatic rings. The molecule has 0 atom stereocenters. The summed E-state index contributed by atoms with van der Waals surface area (Å²) in [6, 6.07) is 2.35. The van der Waals surface area contributed by atoms with Crippen LogP contribution in [0.2, 0.25) is 0 Å². The van der Waals surface area contributed by atoms with Gasteiger partial charge in [0.05, 0.1) is 0 Å². The second kappa shape index (κ2) is 6.86. The summed E-state index contributed by atoms with van der Waals surface area (Å²) in [5, 5.41) is 4.29. The highest BCUT2D eigenvalue weighted by Gasteiger charge is 2.30. The summed E-state index contributed by atoms with van der Waals surface area (Å²) in [7, 11) is 0. The third-order valence-corrected chi connectivity index (χ3v) is 4.34. The van der Waals surface area contributed by atoms with Crippen LogP contribution >= 0.6 is 11.8 Å². The van der Waals surface area contributed by atoms with E-state index in [4.69, 9.17) is 0 Å². The predicted octanol–water partition coefficient (Wildman–Crippen LogP) is 2.96. The smallest absolute Gasteiger partial charge is 0.227 e. The second-order valence-corrected chi connectivity index (χ2v) is 7.62. The molecule has 0 radical (unpaired) electrons. The maximum atomic E-state index is 12.3. The lowest BCUT2D eigenvalue weighted by Gasteiger charge is -2.36. The van der Waals surface area contributed by atoms with Crippen LogP contribution in [0.1, 0.15) is 39.3 Å². The molecule has 0 saturated carbocycles. The van der Waals surface area contributed by atoms with E-state index in [0.717, 1.165) is 42.6 Å². The van der Waals surface area contributed by atoms with Gasteiger partial charge in [0.15, 0.2) is 5.16 Å². The summed E-state index contributed by atoms with van der Waals surface area (Å²) in [6.45, 7) is 9.55. The van der Waals surface area contributed by atoms with Crippen LogP contribution in [0.3, 0.4) is 0 Å². The number of amides is 1. The molecular formula is C16H26N4OS. The fourth-order valence-electron chi connectivity index (χ4n) is 2.62. The van der Waals surface area contributed by atoms with E-state index in [1.807, 2.05) is 44.9 Å². The first-order valence-corrected chi connectivity index (χ1v) is 8.97. The van der Waals surface area contributed by atoms with Crippen LogP contribution in [-0.2, 0) is 4.79 Å². The third-order valence-electron chi connectivity index (χ3n) is 3.79. The van der Waals surface area contributed by atoms with Crippen LogP contribution in [-0.4, -0.2) is 46.2 Å². The van der Waals surface area contributed by atoms with Crippen LogP contribution in [0.5, 0.6) is 0 Å². The van der Waals surface area contributed by atoms with Crippen LogP contribution < -0.4 is 5.32 Å². The molecule has 2 heterocycles. The molecule has 1 amide bonds. The largest absolute Gasteiger partial charge is 0.367 e. The molecule has 1 aliphatic heterocycles. The van der Waals surface area contributed by atoms with E-state index in [0.29, 0.717) is 6.04 Å².